The first-order valence-electron chi connectivity index (χ1n) is 6.28. The van der Waals surface area contributed by atoms with Crippen molar-refractivity contribution in [3.8, 4) is 11.8 Å². The molecule has 0 fully saturated rings. The van der Waals surface area contributed by atoms with E-state index in [4.69, 9.17) is 4.74 Å². The van der Waals surface area contributed by atoms with Gasteiger partial charge in [0.05, 0.1) is 18.6 Å². The highest BCUT2D eigenvalue weighted by atomic mass is 16.5. The summed E-state index contributed by atoms with van der Waals surface area (Å²) < 4.78 is 5.23. The van der Waals surface area contributed by atoms with Gasteiger partial charge in [0, 0.05) is 0 Å². The molecule has 0 bridgehead atoms. The zero-order chi connectivity index (χ0) is 13.7. The molecule has 0 N–H and O–H groups in total. The second-order valence-corrected chi connectivity index (χ2v) is 4.84. The summed E-state index contributed by atoms with van der Waals surface area (Å²) >= 11 is 0. The van der Waals surface area contributed by atoms with Gasteiger partial charge in [-0.15, -0.1) is 0 Å². The molecule has 96 valence electrons. The molecule has 0 spiro atoms. The Labute approximate surface area is 114 Å². The largest absolute Gasteiger partial charge is 0.497 e. The minimum Gasteiger partial charge on any atom is -0.497 e. The first kappa shape index (κ1) is 13.2. The van der Waals surface area contributed by atoms with Crippen molar-refractivity contribution in [3.05, 3.63) is 65.7 Å². The van der Waals surface area contributed by atoms with E-state index in [0.29, 0.717) is 6.42 Å². The van der Waals surface area contributed by atoms with Gasteiger partial charge in [-0.2, -0.15) is 5.26 Å². The first-order valence-corrected chi connectivity index (χ1v) is 6.28. The fourth-order valence-corrected chi connectivity index (χ4v) is 2.20. The van der Waals surface area contributed by atoms with Gasteiger partial charge in [-0.25, -0.2) is 0 Å². The molecule has 0 saturated heterocycles. The highest BCUT2D eigenvalue weighted by Crippen LogP contribution is 2.28. The third kappa shape index (κ3) is 2.95. The standard InChI is InChI=1S/C17H17NO/c1-17(13-18,15-8-4-3-5-9-15)12-14-7-6-10-16(11-14)19-2/h3-11H,12H2,1-2H3. The van der Waals surface area contributed by atoms with Crippen LogP contribution >= 0.6 is 0 Å². The van der Waals surface area contributed by atoms with Gasteiger partial charge in [-0.3, -0.25) is 0 Å². The van der Waals surface area contributed by atoms with Crippen LogP contribution in [0, 0.1) is 11.3 Å². The molecular formula is C17H17NO. The Bertz CT molecular complexity index is 586. The van der Waals surface area contributed by atoms with Gasteiger partial charge in [0.1, 0.15) is 5.75 Å². The maximum absolute atomic E-state index is 9.55. The van der Waals surface area contributed by atoms with Crippen molar-refractivity contribution in [2.45, 2.75) is 18.8 Å². The third-order valence-electron chi connectivity index (χ3n) is 3.35. The number of nitriles is 1. The van der Waals surface area contributed by atoms with E-state index in [1.165, 1.54) is 0 Å². The lowest BCUT2D eigenvalue weighted by atomic mass is 9.79. The molecule has 2 heteroatoms. The Balaban J connectivity index is 2.31. The van der Waals surface area contributed by atoms with Crippen molar-refractivity contribution in [2.24, 2.45) is 0 Å². The van der Waals surface area contributed by atoms with Gasteiger partial charge in [0.2, 0.25) is 0 Å². The lowest BCUT2D eigenvalue weighted by Gasteiger charge is -2.22. The molecule has 2 rings (SSSR count). The Morgan fingerprint density at radius 2 is 1.84 bits per heavy atom. The van der Waals surface area contributed by atoms with E-state index >= 15 is 0 Å². The maximum atomic E-state index is 9.55. The molecule has 0 radical (unpaired) electrons. The Kier molecular flexibility index (Phi) is 3.87. The third-order valence-corrected chi connectivity index (χ3v) is 3.35. The summed E-state index contributed by atoms with van der Waals surface area (Å²) in [6.07, 6.45) is 0.671. The van der Waals surface area contributed by atoms with Crippen molar-refractivity contribution in [2.75, 3.05) is 7.11 Å². The Morgan fingerprint density at radius 3 is 2.47 bits per heavy atom. The second kappa shape index (κ2) is 5.58. The summed E-state index contributed by atoms with van der Waals surface area (Å²) in [4.78, 5) is 0. The van der Waals surface area contributed by atoms with Gasteiger partial charge in [-0.1, -0.05) is 42.5 Å². The first-order chi connectivity index (χ1) is 9.18. The lowest BCUT2D eigenvalue weighted by molar-refractivity contribution is 0.414. The van der Waals surface area contributed by atoms with Gasteiger partial charge in [0.25, 0.3) is 0 Å². The van der Waals surface area contributed by atoms with Gasteiger partial charge in [-0.05, 0) is 36.6 Å². The van der Waals surface area contributed by atoms with E-state index < -0.39 is 5.41 Å². The topological polar surface area (TPSA) is 33.0 Å². The fraction of sp³-hybridized carbons (Fsp3) is 0.235. The molecule has 19 heavy (non-hydrogen) atoms. The molecule has 0 aromatic heterocycles. The molecule has 0 amide bonds. The summed E-state index contributed by atoms with van der Waals surface area (Å²) in [6, 6.07) is 20.2. The minimum absolute atomic E-state index is 0.520. The van der Waals surface area contributed by atoms with Gasteiger partial charge in [0.15, 0.2) is 0 Å². The molecule has 0 aliphatic rings. The molecule has 1 atom stereocenters. The van der Waals surface area contributed by atoms with Crippen LogP contribution in [-0.4, -0.2) is 7.11 Å². The molecule has 1 unspecified atom stereocenters. The van der Waals surface area contributed by atoms with Gasteiger partial charge < -0.3 is 4.74 Å². The predicted octanol–water partition coefficient (Wildman–Crippen LogP) is 3.72. The van der Waals surface area contributed by atoms with E-state index in [2.05, 4.69) is 6.07 Å². The number of rotatable bonds is 4. The van der Waals surface area contributed by atoms with Crippen LogP contribution < -0.4 is 4.74 Å². The average Bonchev–Trinajstić information content (AvgIpc) is 2.48. The van der Waals surface area contributed by atoms with E-state index in [0.717, 1.165) is 16.9 Å². The molecule has 0 aliphatic heterocycles. The van der Waals surface area contributed by atoms with Crippen LogP contribution in [0.4, 0.5) is 0 Å². The van der Waals surface area contributed by atoms with E-state index in [1.807, 2.05) is 61.5 Å². The highest BCUT2D eigenvalue weighted by molar-refractivity contribution is 5.37. The Hall–Kier alpha value is -2.27. The minimum atomic E-state index is -0.520. The number of hydrogen-bond donors (Lipinski definition) is 0. The summed E-state index contributed by atoms with van der Waals surface area (Å²) in [6.45, 7) is 1.97. The van der Waals surface area contributed by atoms with E-state index in [9.17, 15) is 5.26 Å². The average molecular weight is 251 g/mol. The summed E-state index contributed by atoms with van der Waals surface area (Å²) in [7, 11) is 1.65. The summed E-state index contributed by atoms with van der Waals surface area (Å²) in [5.41, 5.74) is 1.63. The van der Waals surface area contributed by atoms with E-state index in [1.54, 1.807) is 7.11 Å². The molecule has 0 aliphatic carbocycles. The van der Waals surface area contributed by atoms with Crippen LogP contribution in [0.25, 0.3) is 0 Å². The zero-order valence-electron chi connectivity index (χ0n) is 11.3. The quantitative estimate of drug-likeness (QED) is 0.829. The van der Waals surface area contributed by atoms with E-state index in [-0.39, 0.29) is 0 Å². The van der Waals surface area contributed by atoms with Crippen LogP contribution in [0.15, 0.2) is 54.6 Å². The van der Waals surface area contributed by atoms with Crippen LogP contribution in [0.2, 0.25) is 0 Å². The molecule has 2 aromatic rings. The summed E-state index contributed by atoms with van der Waals surface area (Å²) in [5.74, 6) is 0.825. The fourth-order valence-electron chi connectivity index (χ4n) is 2.20. The summed E-state index contributed by atoms with van der Waals surface area (Å²) in [5, 5.41) is 9.55. The van der Waals surface area contributed by atoms with Crippen LogP contribution in [-0.2, 0) is 11.8 Å². The molecule has 2 nitrogen and oxygen atoms in total. The molecular weight excluding hydrogens is 234 g/mol. The molecule has 0 heterocycles. The molecule has 2 aromatic carbocycles. The number of methoxy groups -OCH3 is 1. The zero-order valence-corrected chi connectivity index (χ0v) is 11.3. The number of hydrogen-bond acceptors (Lipinski definition) is 2. The predicted molar refractivity (Wildman–Crippen MR) is 76.1 cm³/mol. The number of benzene rings is 2. The van der Waals surface area contributed by atoms with Crippen molar-refractivity contribution in [1.29, 1.82) is 5.26 Å². The monoisotopic (exact) mass is 251 g/mol. The number of nitrogens with zero attached hydrogens (tertiary/aromatic N) is 1. The SMILES string of the molecule is COc1cccc(CC(C)(C#N)c2ccccc2)c1. The molecule has 0 saturated carbocycles. The van der Waals surface area contributed by atoms with Crippen LogP contribution in [0.1, 0.15) is 18.1 Å². The van der Waals surface area contributed by atoms with Crippen molar-refractivity contribution in [3.63, 3.8) is 0 Å². The Morgan fingerprint density at radius 1 is 1.11 bits per heavy atom. The number of ether oxygens (including phenoxy) is 1. The smallest absolute Gasteiger partial charge is 0.119 e. The van der Waals surface area contributed by atoms with Crippen molar-refractivity contribution >= 4 is 0 Å². The lowest BCUT2D eigenvalue weighted by Crippen LogP contribution is -2.22. The van der Waals surface area contributed by atoms with Crippen molar-refractivity contribution < 1.29 is 4.74 Å². The maximum Gasteiger partial charge on any atom is 0.119 e. The second-order valence-electron chi connectivity index (χ2n) is 4.84. The van der Waals surface area contributed by atoms with Crippen molar-refractivity contribution in [1.82, 2.24) is 0 Å². The van der Waals surface area contributed by atoms with Crippen LogP contribution in [0.5, 0.6) is 5.75 Å². The van der Waals surface area contributed by atoms with Gasteiger partial charge >= 0.3 is 0 Å². The highest BCUT2D eigenvalue weighted by Gasteiger charge is 2.26. The van der Waals surface area contributed by atoms with Crippen LogP contribution in [0.3, 0.4) is 0 Å². The normalized spacial score (nSPS) is 13.3.